The van der Waals surface area contributed by atoms with Crippen LogP contribution in [-0.2, 0) is 4.79 Å². The van der Waals surface area contributed by atoms with Gasteiger partial charge in [0.25, 0.3) is 5.91 Å². The molecule has 29 heavy (non-hydrogen) atoms. The van der Waals surface area contributed by atoms with Crippen molar-refractivity contribution in [2.24, 2.45) is 0 Å². The van der Waals surface area contributed by atoms with Gasteiger partial charge in [-0.3, -0.25) is 9.69 Å². The molecule has 0 N–H and O–H groups in total. The fourth-order valence-corrected chi connectivity index (χ4v) is 4.02. The number of carbonyl (C=O) groups is 1. The topological polar surface area (TPSA) is 38.8 Å². The van der Waals surface area contributed by atoms with Crippen molar-refractivity contribution in [2.75, 3.05) is 19.8 Å². The predicted octanol–water partition coefficient (Wildman–Crippen LogP) is 5.23. The standard InChI is InChI=1S/C23H23NO3S2/c1-3-12-24-22(25)21(29-23(24)28)16-18-8-10-19(11-9-18)26-13-5-14-27-20-7-4-6-17(2)15-20/h3-4,6-11,15-16H,1,5,12-14H2,2H3/b21-16-. The van der Waals surface area contributed by atoms with Gasteiger partial charge < -0.3 is 9.47 Å². The number of aryl methyl sites for hydroxylation is 1. The first-order valence-corrected chi connectivity index (χ1v) is 10.6. The lowest BCUT2D eigenvalue weighted by atomic mass is 10.2. The van der Waals surface area contributed by atoms with Gasteiger partial charge in [0, 0.05) is 13.0 Å². The Labute approximate surface area is 181 Å². The summed E-state index contributed by atoms with van der Waals surface area (Å²) in [5.74, 6) is 1.60. The van der Waals surface area contributed by atoms with E-state index in [1.54, 1.807) is 11.0 Å². The van der Waals surface area contributed by atoms with E-state index in [-0.39, 0.29) is 5.91 Å². The lowest BCUT2D eigenvalue weighted by Gasteiger charge is -2.10. The summed E-state index contributed by atoms with van der Waals surface area (Å²) in [6.07, 6.45) is 4.31. The van der Waals surface area contributed by atoms with Gasteiger partial charge >= 0.3 is 0 Å². The van der Waals surface area contributed by atoms with E-state index in [0.29, 0.717) is 29.0 Å². The van der Waals surface area contributed by atoms with Gasteiger partial charge in [0.05, 0.1) is 18.1 Å². The number of rotatable bonds is 9. The minimum atomic E-state index is -0.0752. The van der Waals surface area contributed by atoms with Crippen molar-refractivity contribution in [3.63, 3.8) is 0 Å². The normalized spacial score (nSPS) is 15.1. The fourth-order valence-electron chi connectivity index (χ4n) is 2.74. The number of ether oxygens (including phenoxy) is 2. The molecular formula is C23H23NO3S2. The van der Waals surface area contributed by atoms with Crippen molar-refractivity contribution >= 4 is 40.3 Å². The van der Waals surface area contributed by atoms with Crippen LogP contribution in [0, 0.1) is 6.92 Å². The van der Waals surface area contributed by atoms with Crippen molar-refractivity contribution in [2.45, 2.75) is 13.3 Å². The molecule has 2 aromatic rings. The molecular weight excluding hydrogens is 402 g/mol. The third kappa shape index (κ3) is 5.95. The number of hydrogen-bond acceptors (Lipinski definition) is 5. The predicted molar refractivity (Wildman–Crippen MR) is 123 cm³/mol. The van der Waals surface area contributed by atoms with E-state index in [0.717, 1.165) is 23.5 Å². The van der Waals surface area contributed by atoms with E-state index in [9.17, 15) is 4.79 Å². The highest BCUT2D eigenvalue weighted by atomic mass is 32.2. The van der Waals surface area contributed by atoms with Crippen molar-refractivity contribution in [1.82, 2.24) is 4.90 Å². The Morgan fingerprint density at radius 2 is 1.83 bits per heavy atom. The molecule has 1 aliphatic rings. The second kappa shape index (κ2) is 10.3. The summed E-state index contributed by atoms with van der Waals surface area (Å²) in [6, 6.07) is 15.7. The molecule has 3 rings (SSSR count). The van der Waals surface area contributed by atoms with Crippen LogP contribution in [0.1, 0.15) is 17.5 Å². The number of benzene rings is 2. The van der Waals surface area contributed by atoms with Gasteiger partial charge in [-0.05, 0) is 48.4 Å². The maximum atomic E-state index is 12.4. The second-order valence-electron chi connectivity index (χ2n) is 6.52. The van der Waals surface area contributed by atoms with Crippen molar-refractivity contribution in [3.8, 4) is 11.5 Å². The molecule has 1 amide bonds. The fraction of sp³-hybridized carbons (Fsp3) is 0.217. The molecule has 150 valence electrons. The van der Waals surface area contributed by atoms with Gasteiger partial charge in [0.2, 0.25) is 0 Å². The molecule has 0 aromatic heterocycles. The van der Waals surface area contributed by atoms with Crippen LogP contribution >= 0.6 is 24.0 Å². The summed E-state index contributed by atoms with van der Waals surface area (Å²) in [7, 11) is 0. The van der Waals surface area contributed by atoms with Gasteiger partial charge in [0.15, 0.2) is 0 Å². The lowest BCUT2D eigenvalue weighted by Crippen LogP contribution is -2.27. The minimum absolute atomic E-state index is 0.0752. The molecule has 1 aliphatic heterocycles. The number of carbonyl (C=O) groups excluding carboxylic acids is 1. The third-order valence-electron chi connectivity index (χ3n) is 4.18. The maximum absolute atomic E-state index is 12.4. The van der Waals surface area contributed by atoms with Crippen molar-refractivity contribution in [3.05, 3.63) is 77.2 Å². The number of thiocarbonyl (C=S) groups is 1. The smallest absolute Gasteiger partial charge is 0.266 e. The number of nitrogens with zero attached hydrogens (tertiary/aromatic N) is 1. The van der Waals surface area contributed by atoms with Crippen LogP contribution in [-0.4, -0.2) is 34.9 Å². The maximum Gasteiger partial charge on any atom is 0.266 e. The Bertz CT molecular complexity index is 922. The van der Waals surface area contributed by atoms with E-state index < -0.39 is 0 Å². The third-order valence-corrected chi connectivity index (χ3v) is 5.56. The average Bonchev–Trinajstić information content (AvgIpc) is 2.97. The van der Waals surface area contributed by atoms with Crippen LogP contribution in [0.3, 0.4) is 0 Å². The molecule has 1 fully saturated rings. The highest BCUT2D eigenvalue weighted by molar-refractivity contribution is 8.26. The molecule has 0 radical (unpaired) electrons. The largest absolute Gasteiger partial charge is 0.493 e. The zero-order chi connectivity index (χ0) is 20.6. The molecule has 0 atom stereocenters. The van der Waals surface area contributed by atoms with E-state index in [1.165, 1.54) is 17.3 Å². The molecule has 0 unspecified atom stereocenters. The van der Waals surface area contributed by atoms with Gasteiger partial charge in [-0.15, -0.1) is 6.58 Å². The number of thioether (sulfide) groups is 1. The summed E-state index contributed by atoms with van der Waals surface area (Å²) >= 11 is 6.57. The molecule has 1 saturated heterocycles. The summed E-state index contributed by atoms with van der Waals surface area (Å²) in [6.45, 7) is 7.32. The molecule has 0 bridgehead atoms. The molecule has 0 saturated carbocycles. The molecule has 2 aromatic carbocycles. The summed E-state index contributed by atoms with van der Waals surface area (Å²) in [5.41, 5.74) is 2.11. The van der Waals surface area contributed by atoms with Crippen LogP contribution in [0.4, 0.5) is 0 Å². The van der Waals surface area contributed by atoms with E-state index in [1.807, 2.05) is 61.5 Å². The molecule has 4 nitrogen and oxygen atoms in total. The minimum Gasteiger partial charge on any atom is -0.493 e. The highest BCUT2D eigenvalue weighted by Crippen LogP contribution is 2.32. The van der Waals surface area contributed by atoms with Crippen LogP contribution in [0.2, 0.25) is 0 Å². The summed E-state index contributed by atoms with van der Waals surface area (Å²) in [4.78, 5) is 14.5. The molecule has 6 heteroatoms. The van der Waals surface area contributed by atoms with Crippen molar-refractivity contribution in [1.29, 1.82) is 0 Å². The quantitative estimate of drug-likeness (QED) is 0.238. The van der Waals surface area contributed by atoms with Gasteiger partial charge in [-0.25, -0.2) is 0 Å². The van der Waals surface area contributed by atoms with E-state index >= 15 is 0 Å². The zero-order valence-electron chi connectivity index (χ0n) is 16.3. The average molecular weight is 426 g/mol. The van der Waals surface area contributed by atoms with E-state index in [4.69, 9.17) is 21.7 Å². The first-order valence-electron chi connectivity index (χ1n) is 9.35. The zero-order valence-corrected chi connectivity index (χ0v) is 17.9. The number of amides is 1. The van der Waals surface area contributed by atoms with Crippen LogP contribution in [0.15, 0.2) is 66.1 Å². The summed E-state index contributed by atoms with van der Waals surface area (Å²) in [5, 5.41) is 0. The Balaban J connectivity index is 1.46. The van der Waals surface area contributed by atoms with Crippen LogP contribution < -0.4 is 9.47 Å². The van der Waals surface area contributed by atoms with Crippen LogP contribution in [0.25, 0.3) is 6.08 Å². The Kier molecular flexibility index (Phi) is 7.49. The number of hydrogen-bond donors (Lipinski definition) is 0. The van der Waals surface area contributed by atoms with Gasteiger partial charge in [0.1, 0.15) is 15.8 Å². The van der Waals surface area contributed by atoms with Gasteiger partial charge in [-0.2, -0.15) is 0 Å². The Hall–Kier alpha value is -2.57. The second-order valence-corrected chi connectivity index (χ2v) is 8.19. The Morgan fingerprint density at radius 3 is 2.52 bits per heavy atom. The summed E-state index contributed by atoms with van der Waals surface area (Å²) < 4.78 is 12.1. The van der Waals surface area contributed by atoms with Crippen molar-refractivity contribution < 1.29 is 14.3 Å². The lowest BCUT2D eigenvalue weighted by molar-refractivity contribution is -0.121. The first kappa shape index (κ1) is 21.1. The SMILES string of the molecule is C=CCN1C(=O)/C(=C/c2ccc(OCCCOc3cccc(C)c3)cc2)SC1=S. The monoisotopic (exact) mass is 425 g/mol. The highest BCUT2D eigenvalue weighted by Gasteiger charge is 2.30. The molecule has 0 spiro atoms. The van der Waals surface area contributed by atoms with Crippen LogP contribution in [0.5, 0.6) is 11.5 Å². The van der Waals surface area contributed by atoms with Gasteiger partial charge in [-0.1, -0.05) is 54.3 Å². The molecule has 1 heterocycles. The Morgan fingerprint density at radius 1 is 1.10 bits per heavy atom. The molecule has 0 aliphatic carbocycles. The van der Waals surface area contributed by atoms with E-state index in [2.05, 4.69) is 6.58 Å². The first-order chi connectivity index (χ1) is 14.1.